The normalized spacial score (nSPS) is 12.0. The van der Waals surface area contributed by atoms with Gasteiger partial charge in [0.15, 0.2) is 11.5 Å². The Bertz CT molecular complexity index is 1060. The molecular formula is C23H23N3O3. The lowest BCUT2D eigenvalue weighted by Crippen LogP contribution is -2.22. The molecule has 6 heteroatoms. The molecule has 1 aromatic heterocycles. The number of carbonyl (C=O) groups is 1. The topological polar surface area (TPSA) is 72.5 Å². The fourth-order valence-electron chi connectivity index (χ4n) is 3.48. The van der Waals surface area contributed by atoms with Crippen LogP contribution in [-0.2, 0) is 6.54 Å². The van der Waals surface area contributed by atoms with Crippen molar-refractivity contribution < 1.29 is 14.3 Å². The summed E-state index contributed by atoms with van der Waals surface area (Å²) in [6, 6.07) is 13.4. The molecule has 0 atom stereocenters. The van der Waals surface area contributed by atoms with E-state index in [4.69, 9.17) is 9.47 Å². The molecule has 0 spiro atoms. The maximum atomic E-state index is 12.6. The number of amides is 1. The molecule has 0 unspecified atom stereocenters. The minimum Gasteiger partial charge on any atom is -0.454 e. The van der Waals surface area contributed by atoms with Crippen molar-refractivity contribution in [3.8, 4) is 11.5 Å². The van der Waals surface area contributed by atoms with Crippen LogP contribution in [0, 0.1) is 20.8 Å². The Labute approximate surface area is 169 Å². The number of ether oxygens (including phenoxy) is 2. The summed E-state index contributed by atoms with van der Waals surface area (Å²) in [5.41, 5.74) is 6.01. The Hall–Kier alpha value is -3.54. The lowest BCUT2D eigenvalue weighted by Gasteiger charge is -2.14. The molecule has 0 fully saturated rings. The Morgan fingerprint density at radius 3 is 2.55 bits per heavy atom. The number of rotatable bonds is 5. The van der Waals surface area contributed by atoms with Crippen LogP contribution < -0.4 is 20.1 Å². The van der Waals surface area contributed by atoms with E-state index in [2.05, 4.69) is 48.5 Å². The summed E-state index contributed by atoms with van der Waals surface area (Å²) in [5.74, 6) is 1.91. The first kappa shape index (κ1) is 18.8. The second kappa shape index (κ2) is 7.83. The first-order valence-electron chi connectivity index (χ1n) is 9.47. The highest BCUT2D eigenvalue weighted by Crippen LogP contribution is 2.32. The van der Waals surface area contributed by atoms with Gasteiger partial charge >= 0.3 is 0 Å². The minimum absolute atomic E-state index is 0.162. The van der Waals surface area contributed by atoms with Crippen LogP contribution in [0.2, 0.25) is 0 Å². The zero-order valence-electron chi connectivity index (χ0n) is 16.7. The van der Waals surface area contributed by atoms with E-state index in [-0.39, 0.29) is 12.7 Å². The van der Waals surface area contributed by atoms with Crippen molar-refractivity contribution in [3.05, 3.63) is 76.5 Å². The summed E-state index contributed by atoms with van der Waals surface area (Å²) in [6.45, 7) is 6.83. The quantitative estimate of drug-likeness (QED) is 0.676. The molecule has 2 heterocycles. The number of anilines is 2. The molecule has 0 saturated heterocycles. The molecule has 1 amide bonds. The van der Waals surface area contributed by atoms with E-state index >= 15 is 0 Å². The van der Waals surface area contributed by atoms with Crippen molar-refractivity contribution in [3.63, 3.8) is 0 Å². The van der Waals surface area contributed by atoms with Crippen molar-refractivity contribution in [1.82, 2.24) is 10.3 Å². The summed E-state index contributed by atoms with van der Waals surface area (Å²) in [7, 11) is 0. The van der Waals surface area contributed by atoms with Crippen LogP contribution in [0.3, 0.4) is 0 Å². The van der Waals surface area contributed by atoms with Crippen LogP contribution in [0.5, 0.6) is 11.5 Å². The van der Waals surface area contributed by atoms with Crippen LogP contribution in [-0.4, -0.2) is 17.7 Å². The summed E-state index contributed by atoms with van der Waals surface area (Å²) in [5, 5.41) is 6.28. The van der Waals surface area contributed by atoms with Crippen molar-refractivity contribution in [1.29, 1.82) is 0 Å². The minimum atomic E-state index is -0.162. The average molecular weight is 389 g/mol. The molecule has 29 heavy (non-hydrogen) atoms. The predicted octanol–water partition coefficient (Wildman–Crippen LogP) is 4.41. The maximum absolute atomic E-state index is 12.6. The van der Waals surface area contributed by atoms with E-state index < -0.39 is 0 Å². The number of aryl methyl sites for hydroxylation is 3. The molecular weight excluding hydrogens is 366 g/mol. The fourth-order valence-corrected chi connectivity index (χ4v) is 3.48. The first-order valence-corrected chi connectivity index (χ1v) is 9.47. The van der Waals surface area contributed by atoms with Gasteiger partial charge in [0.1, 0.15) is 5.82 Å². The molecule has 2 aromatic carbocycles. The number of aromatic nitrogens is 1. The van der Waals surface area contributed by atoms with Crippen LogP contribution in [0.1, 0.15) is 32.6 Å². The zero-order chi connectivity index (χ0) is 20.4. The van der Waals surface area contributed by atoms with Gasteiger partial charge in [-0.15, -0.1) is 0 Å². The molecule has 3 aromatic rings. The largest absolute Gasteiger partial charge is 0.454 e. The van der Waals surface area contributed by atoms with Crippen molar-refractivity contribution in [2.45, 2.75) is 27.3 Å². The van der Waals surface area contributed by atoms with Gasteiger partial charge in [0.25, 0.3) is 5.91 Å². The van der Waals surface area contributed by atoms with Crippen LogP contribution in [0.15, 0.2) is 48.7 Å². The van der Waals surface area contributed by atoms with Gasteiger partial charge in [-0.05, 0) is 61.7 Å². The lowest BCUT2D eigenvalue weighted by atomic mass is 10.1. The highest BCUT2D eigenvalue weighted by atomic mass is 16.7. The number of fused-ring (bicyclic) bond motifs is 1. The first-order chi connectivity index (χ1) is 14.0. The molecule has 6 nitrogen and oxygen atoms in total. The number of hydrogen-bond donors (Lipinski definition) is 2. The van der Waals surface area contributed by atoms with Crippen LogP contribution in [0.25, 0.3) is 0 Å². The number of benzene rings is 2. The SMILES string of the molecule is Cc1cc(C)c(Nc2cc(C(=O)NCc3ccc4c(c3)OCO4)ccn2)c(C)c1. The number of carbonyl (C=O) groups excluding carboxylic acids is 1. The van der Waals surface area contributed by atoms with Gasteiger partial charge in [0.2, 0.25) is 6.79 Å². The Kier molecular flexibility index (Phi) is 5.08. The molecule has 0 aliphatic carbocycles. The highest BCUT2D eigenvalue weighted by molar-refractivity contribution is 5.95. The third kappa shape index (κ3) is 4.16. The van der Waals surface area contributed by atoms with Gasteiger partial charge in [0.05, 0.1) is 0 Å². The summed E-state index contributed by atoms with van der Waals surface area (Å²) in [6.07, 6.45) is 1.64. The summed E-state index contributed by atoms with van der Waals surface area (Å²) in [4.78, 5) is 17.0. The van der Waals surface area contributed by atoms with Crippen molar-refractivity contribution >= 4 is 17.4 Å². The molecule has 0 radical (unpaired) electrons. The monoisotopic (exact) mass is 389 g/mol. The van der Waals surface area contributed by atoms with E-state index in [0.717, 1.165) is 28.1 Å². The van der Waals surface area contributed by atoms with Crippen molar-refractivity contribution in [2.75, 3.05) is 12.1 Å². The Morgan fingerprint density at radius 1 is 1.00 bits per heavy atom. The second-order valence-electron chi connectivity index (χ2n) is 7.20. The molecule has 148 valence electrons. The number of pyridine rings is 1. The van der Waals surface area contributed by atoms with E-state index in [0.29, 0.717) is 23.7 Å². The zero-order valence-corrected chi connectivity index (χ0v) is 16.7. The standard InChI is InChI=1S/C23H23N3O3/c1-14-8-15(2)22(16(3)9-14)26-21-11-18(6-7-24-21)23(27)25-12-17-4-5-19-20(10-17)29-13-28-19/h4-11H,12-13H2,1-3H3,(H,24,26)(H,25,27). The summed E-state index contributed by atoms with van der Waals surface area (Å²) >= 11 is 0. The molecule has 0 bridgehead atoms. The van der Waals surface area contributed by atoms with E-state index in [1.807, 2.05) is 18.2 Å². The second-order valence-corrected chi connectivity index (χ2v) is 7.20. The fraction of sp³-hybridized carbons (Fsp3) is 0.217. The smallest absolute Gasteiger partial charge is 0.251 e. The van der Waals surface area contributed by atoms with Crippen molar-refractivity contribution in [2.24, 2.45) is 0 Å². The average Bonchev–Trinajstić information content (AvgIpc) is 3.17. The lowest BCUT2D eigenvalue weighted by molar-refractivity contribution is 0.0950. The third-order valence-electron chi connectivity index (χ3n) is 4.84. The molecule has 1 aliphatic rings. The highest BCUT2D eigenvalue weighted by Gasteiger charge is 2.14. The molecule has 0 saturated carbocycles. The number of nitrogens with zero attached hydrogens (tertiary/aromatic N) is 1. The maximum Gasteiger partial charge on any atom is 0.251 e. The van der Waals surface area contributed by atoms with Gasteiger partial charge in [0, 0.05) is 24.0 Å². The van der Waals surface area contributed by atoms with E-state index in [9.17, 15) is 4.79 Å². The number of nitrogens with one attached hydrogen (secondary N) is 2. The predicted molar refractivity (Wildman–Crippen MR) is 112 cm³/mol. The van der Waals surface area contributed by atoms with Crippen LogP contribution >= 0.6 is 0 Å². The van der Waals surface area contributed by atoms with Gasteiger partial charge in [-0.3, -0.25) is 4.79 Å². The molecule has 1 aliphatic heterocycles. The van der Waals surface area contributed by atoms with Gasteiger partial charge in [-0.2, -0.15) is 0 Å². The molecule has 2 N–H and O–H groups in total. The van der Waals surface area contributed by atoms with E-state index in [1.165, 1.54) is 5.56 Å². The van der Waals surface area contributed by atoms with Gasteiger partial charge in [-0.1, -0.05) is 23.8 Å². The third-order valence-corrected chi connectivity index (χ3v) is 4.84. The molecule has 4 rings (SSSR count). The van der Waals surface area contributed by atoms with E-state index in [1.54, 1.807) is 18.3 Å². The van der Waals surface area contributed by atoms with Gasteiger partial charge < -0.3 is 20.1 Å². The number of hydrogen-bond acceptors (Lipinski definition) is 5. The van der Waals surface area contributed by atoms with Gasteiger partial charge in [-0.25, -0.2) is 4.98 Å². The summed E-state index contributed by atoms with van der Waals surface area (Å²) < 4.78 is 10.7. The Morgan fingerprint density at radius 2 is 1.76 bits per heavy atom. The Balaban J connectivity index is 1.45. The van der Waals surface area contributed by atoms with Crippen LogP contribution in [0.4, 0.5) is 11.5 Å².